The zero-order valence-corrected chi connectivity index (χ0v) is 11.6. The summed E-state index contributed by atoms with van der Waals surface area (Å²) in [6, 6.07) is 2.93. The predicted octanol–water partition coefficient (Wildman–Crippen LogP) is 2.21. The Labute approximate surface area is 116 Å². The molecule has 0 bridgehead atoms. The first-order valence-corrected chi connectivity index (χ1v) is 6.49. The molecule has 1 aromatic carbocycles. The Morgan fingerprint density at radius 1 is 1.26 bits per heavy atom. The Morgan fingerprint density at radius 2 is 1.84 bits per heavy atom. The number of ether oxygens (including phenoxy) is 1. The zero-order valence-electron chi connectivity index (χ0n) is 10.8. The van der Waals surface area contributed by atoms with Crippen molar-refractivity contribution < 1.29 is 13.5 Å². The van der Waals surface area contributed by atoms with E-state index in [4.69, 9.17) is 10.5 Å². The van der Waals surface area contributed by atoms with Crippen LogP contribution in [0.5, 0.6) is 0 Å². The Balaban J connectivity index is 2.35. The van der Waals surface area contributed by atoms with Gasteiger partial charge in [-0.1, -0.05) is 12.2 Å². The van der Waals surface area contributed by atoms with Gasteiger partial charge in [0.05, 0.1) is 17.9 Å². The van der Waals surface area contributed by atoms with Crippen LogP contribution in [0.25, 0.3) is 0 Å². The maximum atomic E-state index is 14.1. The van der Waals surface area contributed by atoms with Crippen LogP contribution in [0.1, 0.15) is 19.4 Å². The van der Waals surface area contributed by atoms with Gasteiger partial charge in [0.1, 0.15) is 4.99 Å². The minimum absolute atomic E-state index is 0.0264. The van der Waals surface area contributed by atoms with Gasteiger partial charge in [0.15, 0.2) is 11.6 Å². The second kappa shape index (κ2) is 5.38. The van der Waals surface area contributed by atoms with E-state index in [2.05, 4.69) is 12.2 Å². The fraction of sp³-hybridized carbons (Fsp3) is 0.462. The number of nitrogens with two attached hydrogens (primary N) is 1. The number of hydrogen-bond acceptors (Lipinski definition) is 3. The average molecular weight is 286 g/mol. The number of nitrogens with zero attached hydrogens (tertiary/aromatic N) is 1. The van der Waals surface area contributed by atoms with E-state index in [0.717, 1.165) is 0 Å². The molecule has 2 rings (SSSR count). The van der Waals surface area contributed by atoms with Crippen molar-refractivity contribution >= 4 is 22.9 Å². The molecular weight excluding hydrogens is 270 g/mol. The summed E-state index contributed by atoms with van der Waals surface area (Å²) in [5, 5.41) is 0. The summed E-state index contributed by atoms with van der Waals surface area (Å²) in [7, 11) is 0. The summed E-state index contributed by atoms with van der Waals surface area (Å²) in [4.78, 5) is 1.63. The van der Waals surface area contributed by atoms with Crippen molar-refractivity contribution in [3.8, 4) is 0 Å². The Hall–Kier alpha value is -1.27. The zero-order chi connectivity index (χ0) is 14.2. The van der Waals surface area contributed by atoms with Gasteiger partial charge >= 0.3 is 0 Å². The van der Waals surface area contributed by atoms with Crippen LogP contribution in [-0.2, 0) is 4.74 Å². The van der Waals surface area contributed by atoms with Crippen LogP contribution in [0.4, 0.5) is 14.5 Å². The molecule has 0 saturated carbocycles. The fourth-order valence-electron chi connectivity index (χ4n) is 2.35. The van der Waals surface area contributed by atoms with E-state index in [1.165, 1.54) is 12.1 Å². The maximum absolute atomic E-state index is 14.1. The molecule has 1 heterocycles. The number of benzene rings is 1. The summed E-state index contributed by atoms with van der Waals surface area (Å²) >= 11 is 4.68. The highest BCUT2D eigenvalue weighted by molar-refractivity contribution is 7.80. The second-order valence-corrected chi connectivity index (χ2v) is 5.23. The molecule has 0 spiro atoms. The van der Waals surface area contributed by atoms with Gasteiger partial charge in [0.25, 0.3) is 0 Å². The monoisotopic (exact) mass is 286 g/mol. The first kappa shape index (κ1) is 14.1. The minimum atomic E-state index is -0.989. The summed E-state index contributed by atoms with van der Waals surface area (Å²) in [5.74, 6) is -1.90. The number of thiocarbonyl (C=S) groups is 1. The summed E-state index contributed by atoms with van der Waals surface area (Å²) in [5.41, 5.74) is 5.50. The smallest absolute Gasteiger partial charge is 0.182 e. The molecule has 3 nitrogen and oxygen atoms in total. The normalized spacial score (nSPS) is 23.5. The lowest BCUT2D eigenvalue weighted by atomic mass is 10.1. The number of rotatable bonds is 2. The maximum Gasteiger partial charge on any atom is 0.182 e. The van der Waals surface area contributed by atoms with Gasteiger partial charge < -0.3 is 15.4 Å². The summed E-state index contributed by atoms with van der Waals surface area (Å²) in [6.45, 7) is 4.85. The fourth-order valence-corrected chi connectivity index (χ4v) is 2.51. The highest BCUT2D eigenvalue weighted by Crippen LogP contribution is 2.27. The van der Waals surface area contributed by atoms with Crippen LogP contribution in [0.3, 0.4) is 0 Å². The lowest BCUT2D eigenvalue weighted by molar-refractivity contribution is -0.00542. The molecule has 0 radical (unpaired) electrons. The van der Waals surface area contributed by atoms with E-state index in [0.29, 0.717) is 13.1 Å². The largest absolute Gasteiger partial charge is 0.389 e. The molecule has 0 unspecified atom stereocenters. The predicted molar refractivity (Wildman–Crippen MR) is 74.5 cm³/mol. The van der Waals surface area contributed by atoms with Crippen LogP contribution in [0.15, 0.2) is 12.1 Å². The third kappa shape index (κ3) is 2.84. The summed E-state index contributed by atoms with van der Waals surface area (Å²) < 4.78 is 33.5. The Morgan fingerprint density at radius 3 is 2.37 bits per heavy atom. The highest BCUT2D eigenvalue weighted by Gasteiger charge is 2.26. The third-order valence-corrected chi connectivity index (χ3v) is 3.31. The number of morpholine rings is 1. The van der Waals surface area contributed by atoms with E-state index in [1.807, 2.05) is 13.8 Å². The lowest BCUT2D eigenvalue weighted by Crippen LogP contribution is -2.46. The SMILES string of the molecule is C[C@@H]1CN(c2ccc(C(N)=S)c(F)c2F)C[C@H](C)O1. The van der Waals surface area contributed by atoms with Gasteiger partial charge in [-0.2, -0.15) is 0 Å². The van der Waals surface area contributed by atoms with Gasteiger partial charge in [-0.05, 0) is 26.0 Å². The molecule has 0 amide bonds. The quantitative estimate of drug-likeness (QED) is 0.846. The molecule has 1 aromatic rings. The minimum Gasteiger partial charge on any atom is -0.389 e. The second-order valence-electron chi connectivity index (χ2n) is 4.79. The van der Waals surface area contributed by atoms with Crippen molar-refractivity contribution in [3.63, 3.8) is 0 Å². The molecule has 1 fully saturated rings. The van der Waals surface area contributed by atoms with Gasteiger partial charge in [0, 0.05) is 18.7 Å². The van der Waals surface area contributed by atoms with E-state index < -0.39 is 11.6 Å². The topological polar surface area (TPSA) is 38.5 Å². The van der Waals surface area contributed by atoms with Gasteiger partial charge in [-0.15, -0.1) is 0 Å². The van der Waals surface area contributed by atoms with Crippen molar-refractivity contribution in [1.29, 1.82) is 0 Å². The first-order chi connectivity index (χ1) is 8.90. The number of halogens is 2. The van der Waals surface area contributed by atoms with E-state index >= 15 is 0 Å². The van der Waals surface area contributed by atoms with Crippen molar-refractivity contribution in [2.45, 2.75) is 26.1 Å². The third-order valence-electron chi connectivity index (χ3n) is 3.09. The van der Waals surface area contributed by atoms with Gasteiger partial charge in [-0.3, -0.25) is 0 Å². The summed E-state index contributed by atoms with van der Waals surface area (Å²) in [6.07, 6.45) is -0.0528. The molecule has 1 aliphatic heterocycles. The average Bonchev–Trinajstić information content (AvgIpc) is 2.30. The molecule has 1 saturated heterocycles. The molecule has 2 N–H and O–H groups in total. The highest BCUT2D eigenvalue weighted by atomic mass is 32.1. The van der Waals surface area contributed by atoms with Crippen molar-refractivity contribution in [2.24, 2.45) is 5.73 Å². The standard InChI is InChI=1S/C13H16F2N2OS/c1-7-5-17(6-8(2)18-7)10-4-3-9(13(16)19)11(14)12(10)15/h3-4,7-8H,5-6H2,1-2H3,(H2,16,19)/t7-,8+. The molecule has 104 valence electrons. The van der Waals surface area contributed by atoms with Gasteiger partial charge in [0.2, 0.25) is 0 Å². The molecule has 19 heavy (non-hydrogen) atoms. The molecular formula is C13H16F2N2OS. The first-order valence-electron chi connectivity index (χ1n) is 6.08. The van der Waals surface area contributed by atoms with E-state index in [1.54, 1.807) is 4.90 Å². The Kier molecular flexibility index (Phi) is 4.01. The van der Waals surface area contributed by atoms with Crippen LogP contribution in [0.2, 0.25) is 0 Å². The van der Waals surface area contributed by atoms with Crippen molar-refractivity contribution in [1.82, 2.24) is 0 Å². The van der Waals surface area contributed by atoms with Crippen LogP contribution in [-0.4, -0.2) is 30.3 Å². The van der Waals surface area contributed by atoms with Crippen LogP contribution < -0.4 is 10.6 Å². The molecule has 6 heteroatoms. The van der Waals surface area contributed by atoms with Gasteiger partial charge in [-0.25, -0.2) is 8.78 Å². The number of hydrogen-bond donors (Lipinski definition) is 1. The van der Waals surface area contributed by atoms with Crippen molar-refractivity contribution in [2.75, 3.05) is 18.0 Å². The van der Waals surface area contributed by atoms with E-state index in [9.17, 15) is 8.78 Å². The van der Waals surface area contributed by atoms with Crippen LogP contribution >= 0.6 is 12.2 Å². The molecule has 0 aliphatic carbocycles. The van der Waals surface area contributed by atoms with Crippen LogP contribution in [0, 0.1) is 11.6 Å². The Bertz CT molecular complexity index is 500. The molecule has 2 atom stereocenters. The van der Waals surface area contributed by atoms with E-state index in [-0.39, 0.29) is 28.4 Å². The number of anilines is 1. The molecule has 1 aliphatic rings. The van der Waals surface area contributed by atoms with Crippen molar-refractivity contribution in [3.05, 3.63) is 29.3 Å². The molecule has 0 aromatic heterocycles. The lowest BCUT2D eigenvalue weighted by Gasteiger charge is -2.37.